The average molecular weight is 222 g/mol. The lowest BCUT2D eigenvalue weighted by Gasteiger charge is -2.13. The fraction of sp³-hybridized carbons (Fsp3) is 0.333. The van der Waals surface area contributed by atoms with Crippen molar-refractivity contribution < 1.29 is 19.1 Å². The molecule has 1 aromatic rings. The number of hydrogen-bond acceptors (Lipinski definition) is 4. The highest BCUT2D eigenvalue weighted by molar-refractivity contribution is 5.94. The van der Waals surface area contributed by atoms with Crippen molar-refractivity contribution >= 4 is 12.3 Å². The maximum absolute atomic E-state index is 11.5. The van der Waals surface area contributed by atoms with E-state index < -0.39 is 5.97 Å². The first-order chi connectivity index (χ1) is 7.58. The van der Waals surface area contributed by atoms with Gasteiger partial charge in [-0.1, -0.05) is 0 Å². The topological polar surface area (TPSA) is 52.6 Å². The molecule has 0 aromatic heterocycles. The number of rotatable bonds is 4. The Morgan fingerprint density at radius 1 is 1.38 bits per heavy atom. The Balaban J connectivity index is 3.15. The Morgan fingerprint density at radius 3 is 2.56 bits per heavy atom. The van der Waals surface area contributed by atoms with E-state index in [-0.39, 0.29) is 11.7 Å². The molecule has 4 nitrogen and oxygen atoms in total. The molecule has 0 unspecified atom stereocenters. The summed E-state index contributed by atoms with van der Waals surface area (Å²) in [5.41, 5.74) is 0.678. The number of carbonyl (C=O) groups is 2. The monoisotopic (exact) mass is 222 g/mol. The summed E-state index contributed by atoms with van der Waals surface area (Å²) in [6, 6.07) is 4.64. The summed E-state index contributed by atoms with van der Waals surface area (Å²) < 4.78 is 10.1. The van der Waals surface area contributed by atoms with Gasteiger partial charge >= 0.3 is 5.97 Å². The predicted octanol–water partition coefficient (Wildman–Crippen LogP) is 2.07. The molecule has 0 heterocycles. The van der Waals surface area contributed by atoms with Gasteiger partial charge in [0.2, 0.25) is 0 Å². The third-order valence-corrected chi connectivity index (χ3v) is 1.91. The minimum absolute atomic E-state index is 0.0505. The first-order valence-electron chi connectivity index (χ1n) is 4.92. The Bertz CT molecular complexity index is 396. The highest BCUT2D eigenvalue weighted by Gasteiger charge is 2.14. The van der Waals surface area contributed by atoms with Crippen molar-refractivity contribution in [2.75, 3.05) is 7.11 Å². The molecule has 1 rings (SSSR count). The number of esters is 1. The molecule has 0 aliphatic rings. The van der Waals surface area contributed by atoms with Crippen LogP contribution in [0.3, 0.4) is 0 Å². The molecule has 4 heteroatoms. The molecule has 0 fully saturated rings. The molecular formula is C12H14O4. The van der Waals surface area contributed by atoms with Gasteiger partial charge in [-0.25, -0.2) is 4.79 Å². The lowest BCUT2D eigenvalue weighted by Crippen LogP contribution is -2.11. The van der Waals surface area contributed by atoms with Crippen molar-refractivity contribution in [3.63, 3.8) is 0 Å². The zero-order valence-corrected chi connectivity index (χ0v) is 9.52. The van der Waals surface area contributed by atoms with Gasteiger partial charge in [0.05, 0.1) is 13.2 Å². The third kappa shape index (κ3) is 2.82. The van der Waals surface area contributed by atoms with Gasteiger partial charge < -0.3 is 9.47 Å². The second kappa shape index (κ2) is 5.30. The van der Waals surface area contributed by atoms with Gasteiger partial charge in [-0.15, -0.1) is 0 Å². The Labute approximate surface area is 94.2 Å². The van der Waals surface area contributed by atoms with E-state index in [1.54, 1.807) is 12.1 Å². The maximum Gasteiger partial charge on any atom is 0.341 e. The van der Waals surface area contributed by atoms with Crippen molar-refractivity contribution in [2.24, 2.45) is 0 Å². The lowest BCUT2D eigenvalue weighted by atomic mass is 10.1. The smallest absolute Gasteiger partial charge is 0.341 e. The van der Waals surface area contributed by atoms with Gasteiger partial charge in [0, 0.05) is 5.56 Å². The molecule has 0 bridgehead atoms. The second-order valence-corrected chi connectivity index (χ2v) is 3.53. The van der Waals surface area contributed by atoms with Crippen LogP contribution in [0.1, 0.15) is 34.6 Å². The molecule has 0 aliphatic heterocycles. The van der Waals surface area contributed by atoms with E-state index in [1.807, 2.05) is 13.8 Å². The van der Waals surface area contributed by atoms with Crippen molar-refractivity contribution in [3.8, 4) is 5.75 Å². The normalized spacial score (nSPS) is 10.0. The van der Waals surface area contributed by atoms with Gasteiger partial charge in [0.1, 0.15) is 17.6 Å². The number of benzene rings is 1. The van der Waals surface area contributed by atoms with E-state index in [4.69, 9.17) is 4.74 Å². The zero-order valence-electron chi connectivity index (χ0n) is 9.52. The van der Waals surface area contributed by atoms with Gasteiger partial charge in [-0.2, -0.15) is 0 Å². The molecule has 0 amide bonds. The van der Waals surface area contributed by atoms with Gasteiger partial charge in [-0.05, 0) is 32.0 Å². The second-order valence-electron chi connectivity index (χ2n) is 3.53. The van der Waals surface area contributed by atoms with Crippen molar-refractivity contribution in [2.45, 2.75) is 20.0 Å². The number of hydrogen-bond donors (Lipinski definition) is 0. The van der Waals surface area contributed by atoms with Crippen LogP contribution in [-0.2, 0) is 4.74 Å². The van der Waals surface area contributed by atoms with Crippen LogP contribution in [0.2, 0.25) is 0 Å². The first-order valence-corrected chi connectivity index (χ1v) is 4.92. The zero-order chi connectivity index (χ0) is 12.1. The molecule has 0 radical (unpaired) electrons. The molecular weight excluding hydrogens is 208 g/mol. The van der Waals surface area contributed by atoms with Crippen LogP contribution in [0.15, 0.2) is 18.2 Å². The largest absolute Gasteiger partial charge is 0.490 e. The van der Waals surface area contributed by atoms with Crippen LogP contribution in [-0.4, -0.2) is 25.5 Å². The van der Waals surface area contributed by atoms with E-state index in [2.05, 4.69) is 4.74 Å². The highest BCUT2D eigenvalue weighted by Crippen LogP contribution is 2.21. The molecule has 86 valence electrons. The van der Waals surface area contributed by atoms with Crippen molar-refractivity contribution in [1.82, 2.24) is 0 Å². The van der Waals surface area contributed by atoms with Crippen LogP contribution < -0.4 is 4.74 Å². The summed E-state index contributed by atoms with van der Waals surface area (Å²) in [5, 5.41) is 0. The van der Waals surface area contributed by atoms with E-state index >= 15 is 0 Å². The van der Waals surface area contributed by atoms with E-state index in [0.29, 0.717) is 17.6 Å². The molecule has 0 spiro atoms. The van der Waals surface area contributed by atoms with Crippen molar-refractivity contribution in [3.05, 3.63) is 29.3 Å². The Kier molecular flexibility index (Phi) is 4.05. The van der Waals surface area contributed by atoms with E-state index in [1.165, 1.54) is 13.2 Å². The van der Waals surface area contributed by atoms with Crippen LogP contribution in [0.25, 0.3) is 0 Å². The fourth-order valence-corrected chi connectivity index (χ4v) is 1.25. The summed E-state index contributed by atoms with van der Waals surface area (Å²) in [6.07, 6.45) is 0.622. The number of carbonyl (C=O) groups excluding carboxylic acids is 2. The summed E-state index contributed by atoms with van der Waals surface area (Å²) in [4.78, 5) is 22.1. The SMILES string of the molecule is COC(=O)c1cc(C=O)ccc1OC(C)C. The van der Waals surface area contributed by atoms with Crippen LogP contribution in [0.5, 0.6) is 5.75 Å². The average Bonchev–Trinajstić information content (AvgIpc) is 2.28. The summed E-state index contributed by atoms with van der Waals surface area (Å²) in [5.74, 6) is -0.0909. The molecule has 0 saturated carbocycles. The molecule has 0 atom stereocenters. The molecule has 0 saturated heterocycles. The maximum atomic E-state index is 11.5. The van der Waals surface area contributed by atoms with Crippen LogP contribution in [0, 0.1) is 0 Å². The number of methoxy groups -OCH3 is 1. The number of ether oxygens (including phenoxy) is 2. The number of aldehydes is 1. The standard InChI is InChI=1S/C12H14O4/c1-8(2)16-11-5-4-9(7-13)6-10(11)12(14)15-3/h4-8H,1-3H3. The molecule has 1 aromatic carbocycles. The Hall–Kier alpha value is -1.84. The minimum Gasteiger partial charge on any atom is -0.490 e. The van der Waals surface area contributed by atoms with Gasteiger partial charge in [0.15, 0.2) is 0 Å². The van der Waals surface area contributed by atoms with Crippen LogP contribution in [0.4, 0.5) is 0 Å². The highest BCUT2D eigenvalue weighted by atomic mass is 16.5. The predicted molar refractivity (Wildman–Crippen MR) is 58.9 cm³/mol. The quantitative estimate of drug-likeness (QED) is 0.578. The third-order valence-electron chi connectivity index (χ3n) is 1.91. The van der Waals surface area contributed by atoms with E-state index in [9.17, 15) is 9.59 Å². The summed E-state index contributed by atoms with van der Waals surface area (Å²) in [6.45, 7) is 3.71. The van der Waals surface area contributed by atoms with E-state index in [0.717, 1.165) is 0 Å². The van der Waals surface area contributed by atoms with Crippen molar-refractivity contribution in [1.29, 1.82) is 0 Å². The first kappa shape index (κ1) is 12.2. The lowest BCUT2D eigenvalue weighted by molar-refractivity contribution is 0.0594. The van der Waals surface area contributed by atoms with Crippen LogP contribution >= 0.6 is 0 Å². The van der Waals surface area contributed by atoms with Gasteiger partial charge in [-0.3, -0.25) is 4.79 Å². The molecule has 0 aliphatic carbocycles. The van der Waals surface area contributed by atoms with Gasteiger partial charge in [0.25, 0.3) is 0 Å². The molecule has 16 heavy (non-hydrogen) atoms. The summed E-state index contributed by atoms with van der Waals surface area (Å²) in [7, 11) is 1.29. The molecule has 0 N–H and O–H groups in total. The summed E-state index contributed by atoms with van der Waals surface area (Å²) >= 11 is 0. The Morgan fingerprint density at radius 2 is 2.06 bits per heavy atom. The minimum atomic E-state index is -0.514. The fourth-order valence-electron chi connectivity index (χ4n) is 1.25.